The molecule has 0 aliphatic heterocycles. The van der Waals surface area contributed by atoms with Gasteiger partial charge >= 0.3 is 0 Å². The van der Waals surface area contributed by atoms with Gasteiger partial charge in [-0.05, 0) is 43.5 Å². The molecule has 1 saturated carbocycles. The molecule has 3 rings (SSSR count). The molecule has 19 heavy (non-hydrogen) atoms. The zero-order valence-corrected chi connectivity index (χ0v) is 11.9. The molecule has 0 spiro atoms. The van der Waals surface area contributed by atoms with Gasteiger partial charge in [-0.15, -0.1) is 0 Å². The third-order valence-electron chi connectivity index (χ3n) is 3.79. The number of H-pyrrole nitrogens is 1. The minimum Gasteiger partial charge on any atom is -0.262 e. The van der Waals surface area contributed by atoms with Crippen LogP contribution >= 0.6 is 11.6 Å². The number of nitrogens with one attached hydrogen (secondary N) is 1. The van der Waals surface area contributed by atoms with Gasteiger partial charge in [0.2, 0.25) is 0 Å². The van der Waals surface area contributed by atoms with Crippen molar-refractivity contribution in [2.75, 3.05) is 0 Å². The van der Waals surface area contributed by atoms with Gasteiger partial charge in [0, 0.05) is 16.5 Å². The number of aryl methyl sites for hydroxylation is 1. The lowest BCUT2D eigenvalue weighted by Gasteiger charge is -2.18. The van der Waals surface area contributed by atoms with E-state index in [1.54, 1.807) is 0 Å². The Kier molecular flexibility index (Phi) is 3.56. The van der Waals surface area contributed by atoms with E-state index in [0.29, 0.717) is 5.92 Å². The second-order valence-corrected chi connectivity index (χ2v) is 5.83. The van der Waals surface area contributed by atoms with Crippen LogP contribution in [-0.2, 0) is 0 Å². The van der Waals surface area contributed by atoms with Crippen molar-refractivity contribution in [2.45, 2.75) is 44.9 Å². The van der Waals surface area contributed by atoms with E-state index < -0.39 is 0 Å². The summed E-state index contributed by atoms with van der Waals surface area (Å²) in [6.07, 6.45) is 6.41. The molecule has 1 aromatic heterocycles. The Morgan fingerprint density at radius 2 is 1.95 bits per heavy atom. The number of hydrogen-bond acceptors (Lipinski definition) is 2. The van der Waals surface area contributed by atoms with Crippen LogP contribution < -0.4 is 0 Å². The Hall–Kier alpha value is -1.35. The van der Waals surface area contributed by atoms with Crippen molar-refractivity contribution < 1.29 is 0 Å². The summed E-state index contributed by atoms with van der Waals surface area (Å²) in [5.41, 5.74) is 2.12. The molecule has 1 aromatic carbocycles. The van der Waals surface area contributed by atoms with E-state index in [2.05, 4.69) is 21.2 Å². The first-order chi connectivity index (χ1) is 9.22. The summed E-state index contributed by atoms with van der Waals surface area (Å²) in [5, 5.41) is 8.19. The van der Waals surface area contributed by atoms with Gasteiger partial charge in [0.05, 0.1) is 0 Å². The summed E-state index contributed by atoms with van der Waals surface area (Å²) in [4.78, 5) is 4.66. The molecule has 0 amide bonds. The van der Waals surface area contributed by atoms with Crippen LogP contribution in [0.1, 0.15) is 49.4 Å². The largest absolute Gasteiger partial charge is 0.262 e. The van der Waals surface area contributed by atoms with E-state index in [4.69, 9.17) is 11.6 Å². The van der Waals surface area contributed by atoms with Crippen LogP contribution in [0, 0.1) is 6.92 Å². The monoisotopic (exact) mass is 275 g/mol. The zero-order valence-electron chi connectivity index (χ0n) is 11.1. The number of benzene rings is 1. The Balaban J connectivity index is 1.87. The maximum atomic E-state index is 6.09. The lowest BCUT2D eigenvalue weighted by molar-refractivity contribution is 0.429. The summed E-state index contributed by atoms with van der Waals surface area (Å²) in [6, 6.07) is 5.93. The average Bonchev–Trinajstić information content (AvgIpc) is 2.88. The quantitative estimate of drug-likeness (QED) is 0.878. The number of rotatable bonds is 2. The van der Waals surface area contributed by atoms with Gasteiger partial charge in [-0.2, -0.15) is 5.10 Å². The van der Waals surface area contributed by atoms with Crippen molar-refractivity contribution in [3.63, 3.8) is 0 Å². The molecule has 0 saturated heterocycles. The van der Waals surface area contributed by atoms with Crippen molar-refractivity contribution in [3.8, 4) is 11.4 Å². The fourth-order valence-electron chi connectivity index (χ4n) is 2.83. The van der Waals surface area contributed by atoms with E-state index >= 15 is 0 Å². The standard InChI is InChI=1S/C15H18ClN3/c1-10-7-12(9-13(16)8-10)15-17-14(18-19-15)11-5-3-2-4-6-11/h7-9,11H,2-6H2,1H3,(H,17,18,19). The fourth-order valence-corrected chi connectivity index (χ4v) is 3.12. The predicted octanol–water partition coefficient (Wildman–Crippen LogP) is 4.48. The number of nitrogens with zero attached hydrogens (tertiary/aromatic N) is 2. The van der Waals surface area contributed by atoms with Crippen LogP contribution in [0.25, 0.3) is 11.4 Å². The lowest BCUT2D eigenvalue weighted by Crippen LogP contribution is -2.06. The molecule has 100 valence electrons. The number of aromatic amines is 1. The minimum atomic E-state index is 0.551. The van der Waals surface area contributed by atoms with Crippen molar-refractivity contribution in [3.05, 3.63) is 34.6 Å². The average molecular weight is 276 g/mol. The van der Waals surface area contributed by atoms with Gasteiger partial charge in [-0.25, -0.2) is 4.98 Å². The van der Waals surface area contributed by atoms with Crippen LogP contribution in [0.15, 0.2) is 18.2 Å². The molecule has 4 heteroatoms. The topological polar surface area (TPSA) is 41.6 Å². The maximum absolute atomic E-state index is 6.09. The molecule has 0 radical (unpaired) electrons. The maximum Gasteiger partial charge on any atom is 0.181 e. The van der Waals surface area contributed by atoms with Gasteiger partial charge in [-0.1, -0.05) is 30.9 Å². The molecule has 2 aromatic rings. The van der Waals surface area contributed by atoms with Gasteiger partial charge in [-0.3, -0.25) is 5.10 Å². The zero-order chi connectivity index (χ0) is 13.2. The highest BCUT2D eigenvalue weighted by molar-refractivity contribution is 6.30. The third-order valence-corrected chi connectivity index (χ3v) is 4.01. The second-order valence-electron chi connectivity index (χ2n) is 5.40. The molecule has 0 unspecified atom stereocenters. The molecular weight excluding hydrogens is 258 g/mol. The predicted molar refractivity (Wildman–Crippen MR) is 77.4 cm³/mol. The Morgan fingerprint density at radius 1 is 1.16 bits per heavy atom. The Bertz CT molecular complexity index is 550. The minimum absolute atomic E-state index is 0.551. The first-order valence-electron chi connectivity index (χ1n) is 6.92. The van der Waals surface area contributed by atoms with Gasteiger partial charge in [0.25, 0.3) is 0 Å². The molecule has 0 bridgehead atoms. The van der Waals surface area contributed by atoms with E-state index in [0.717, 1.165) is 27.8 Å². The van der Waals surface area contributed by atoms with Gasteiger partial charge in [0.15, 0.2) is 5.82 Å². The summed E-state index contributed by atoms with van der Waals surface area (Å²) in [6.45, 7) is 2.03. The van der Waals surface area contributed by atoms with Crippen molar-refractivity contribution in [1.29, 1.82) is 0 Å². The van der Waals surface area contributed by atoms with E-state index in [1.807, 2.05) is 19.1 Å². The van der Waals surface area contributed by atoms with E-state index in [1.165, 1.54) is 32.1 Å². The second kappa shape index (κ2) is 5.33. The summed E-state index contributed by atoms with van der Waals surface area (Å²) in [5.74, 6) is 2.34. The highest BCUT2D eigenvalue weighted by atomic mass is 35.5. The smallest absolute Gasteiger partial charge is 0.181 e. The van der Waals surface area contributed by atoms with Crippen LogP contribution in [0.3, 0.4) is 0 Å². The lowest BCUT2D eigenvalue weighted by atomic mass is 9.89. The van der Waals surface area contributed by atoms with E-state index in [9.17, 15) is 0 Å². The van der Waals surface area contributed by atoms with Crippen molar-refractivity contribution in [1.82, 2.24) is 15.2 Å². The number of hydrogen-bond donors (Lipinski definition) is 1. The molecule has 3 nitrogen and oxygen atoms in total. The molecule has 1 fully saturated rings. The first kappa shape index (κ1) is 12.7. The Labute approximate surface area is 118 Å². The number of aromatic nitrogens is 3. The van der Waals surface area contributed by atoms with Crippen LogP contribution in [0.5, 0.6) is 0 Å². The third kappa shape index (κ3) is 2.81. The fraction of sp³-hybridized carbons (Fsp3) is 0.467. The molecular formula is C15H18ClN3. The van der Waals surface area contributed by atoms with Gasteiger partial charge in [0.1, 0.15) is 5.82 Å². The molecule has 1 heterocycles. The highest BCUT2D eigenvalue weighted by Crippen LogP contribution is 2.31. The van der Waals surface area contributed by atoms with Crippen molar-refractivity contribution >= 4 is 11.6 Å². The molecule has 1 N–H and O–H groups in total. The SMILES string of the molecule is Cc1cc(Cl)cc(-c2n[nH]c(C3CCCCC3)n2)c1. The Morgan fingerprint density at radius 3 is 2.68 bits per heavy atom. The van der Waals surface area contributed by atoms with Crippen LogP contribution in [0.2, 0.25) is 5.02 Å². The normalized spacial score (nSPS) is 16.7. The van der Waals surface area contributed by atoms with Crippen molar-refractivity contribution in [2.24, 2.45) is 0 Å². The van der Waals surface area contributed by atoms with E-state index in [-0.39, 0.29) is 0 Å². The summed E-state index contributed by atoms with van der Waals surface area (Å²) < 4.78 is 0. The first-order valence-corrected chi connectivity index (χ1v) is 7.30. The molecule has 1 aliphatic rings. The highest BCUT2D eigenvalue weighted by Gasteiger charge is 2.19. The molecule has 0 atom stereocenters. The number of halogens is 1. The molecule has 1 aliphatic carbocycles. The summed E-state index contributed by atoms with van der Waals surface area (Å²) >= 11 is 6.09. The van der Waals surface area contributed by atoms with Crippen LogP contribution in [-0.4, -0.2) is 15.2 Å². The summed E-state index contributed by atoms with van der Waals surface area (Å²) in [7, 11) is 0. The van der Waals surface area contributed by atoms with Gasteiger partial charge < -0.3 is 0 Å². The van der Waals surface area contributed by atoms with Crippen LogP contribution in [0.4, 0.5) is 0 Å².